The van der Waals surface area contributed by atoms with E-state index in [9.17, 15) is 4.79 Å². The Kier molecular flexibility index (Phi) is 5.05. The van der Waals surface area contributed by atoms with Crippen LogP contribution in [0.2, 0.25) is 0 Å². The fourth-order valence-electron chi connectivity index (χ4n) is 2.91. The Bertz CT molecular complexity index is 456. The van der Waals surface area contributed by atoms with Gasteiger partial charge >= 0.3 is 6.03 Å². The van der Waals surface area contributed by atoms with Crippen molar-refractivity contribution >= 4 is 6.03 Å². The van der Waals surface area contributed by atoms with Crippen LogP contribution in [0.25, 0.3) is 0 Å². The second kappa shape index (κ2) is 6.78. The predicted octanol–water partition coefficient (Wildman–Crippen LogP) is 4.03. The molecule has 3 heteroatoms. The Morgan fingerprint density at radius 1 is 1.30 bits per heavy atom. The first kappa shape index (κ1) is 14.9. The minimum Gasteiger partial charge on any atom is -0.336 e. The molecule has 20 heavy (non-hydrogen) atoms. The first-order valence-electron chi connectivity index (χ1n) is 7.71. The summed E-state index contributed by atoms with van der Waals surface area (Å²) in [4.78, 5) is 14.5. The Morgan fingerprint density at radius 2 is 2.10 bits per heavy atom. The van der Waals surface area contributed by atoms with E-state index in [1.165, 1.54) is 24.0 Å². The maximum atomic E-state index is 12.4. The van der Waals surface area contributed by atoms with E-state index in [1.807, 2.05) is 18.7 Å². The molecule has 0 bridgehead atoms. The highest BCUT2D eigenvalue weighted by Crippen LogP contribution is 2.30. The average molecular weight is 274 g/mol. The number of aryl methyl sites for hydroxylation is 1. The summed E-state index contributed by atoms with van der Waals surface area (Å²) in [5, 5.41) is 3.04. The number of carbonyl (C=O) groups is 1. The molecular formula is C17H26N2O. The van der Waals surface area contributed by atoms with E-state index in [-0.39, 0.29) is 18.1 Å². The summed E-state index contributed by atoms with van der Waals surface area (Å²) in [6, 6.07) is 9.05. The minimum atomic E-state index is 0.0772. The van der Waals surface area contributed by atoms with Crippen LogP contribution < -0.4 is 5.32 Å². The molecule has 0 spiro atoms. The van der Waals surface area contributed by atoms with Crippen molar-refractivity contribution in [2.75, 3.05) is 6.54 Å². The molecule has 1 aliphatic heterocycles. The summed E-state index contributed by atoms with van der Waals surface area (Å²) in [5.41, 5.74) is 2.53. The second-order valence-corrected chi connectivity index (χ2v) is 6.08. The Labute approximate surface area is 122 Å². The van der Waals surface area contributed by atoms with Crippen LogP contribution in [0.1, 0.15) is 56.7 Å². The fraction of sp³-hybridized carbons (Fsp3) is 0.588. The van der Waals surface area contributed by atoms with E-state index in [2.05, 4.69) is 36.5 Å². The summed E-state index contributed by atoms with van der Waals surface area (Å²) in [6.07, 6.45) is 4.58. The van der Waals surface area contributed by atoms with Crippen molar-refractivity contribution in [3.63, 3.8) is 0 Å². The summed E-state index contributed by atoms with van der Waals surface area (Å²) < 4.78 is 0. The molecule has 2 rings (SSSR count). The standard InChI is InChI=1S/C17H26N2O/c1-13(2)18-17(20)19-11-6-4-5-10-16(19)15-9-7-8-14(3)12-15/h7-9,12-13,16H,4-6,10-11H2,1-3H3,(H,18,20)/t16-/m0/s1. The predicted molar refractivity (Wildman–Crippen MR) is 82.8 cm³/mol. The summed E-state index contributed by atoms with van der Waals surface area (Å²) in [5.74, 6) is 0. The van der Waals surface area contributed by atoms with Gasteiger partial charge < -0.3 is 10.2 Å². The van der Waals surface area contributed by atoms with Gasteiger partial charge in [-0.05, 0) is 39.2 Å². The highest BCUT2D eigenvalue weighted by molar-refractivity contribution is 5.75. The number of amides is 2. The quantitative estimate of drug-likeness (QED) is 0.867. The number of urea groups is 1. The molecule has 1 atom stereocenters. The van der Waals surface area contributed by atoms with Gasteiger partial charge in [0.1, 0.15) is 0 Å². The number of benzene rings is 1. The summed E-state index contributed by atoms with van der Waals surface area (Å²) in [7, 11) is 0. The molecule has 110 valence electrons. The van der Waals surface area contributed by atoms with Crippen molar-refractivity contribution in [2.45, 2.75) is 58.5 Å². The zero-order chi connectivity index (χ0) is 14.5. The minimum absolute atomic E-state index is 0.0772. The van der Waals surface area contributed by atoms with Crippen molar-refractivity contribution in [1.82, 2.24) is 10.2 Å². The lowest BCUT2D eigenvalue weighted by atomic mass is 9.99. The monoisotopic (exact) mass is 274 g/mol. The van der Waals surface area contributed by atoms with Crippen LogP contribution in [-0.2, 0) is 0 Å². The topological polar surface area (TPSA) is 32.3 Å². The average Bonchev–Trinajstić information content (AvgIpc) is 2.63. The zero-order valence-electron chi connectivity index (χ0n) is 12.9. The first-order chi connectivity index (χ1) is 9.58. The van der Waals surface area contributed by atoms with Crippen LogP contribution in [0, 0.1) is 6.92 Å². The zero-order valence-corrected chi connectivity index (χ0v) is 12.9. The van der Waals surface area contributed by atoms with Gasteiger partial charge in [0, 0.05) is 12.6 Å². The highest BCUT2D eigenvalue weighted by Gasteiger charge is 2.26. The molecule has 1 aromatic carbocycles. The van der Waals surface area contributed by atoms with Gasteiger partial charge in [0.2, 0.25) is 0 Å². The van der Waals surface area contributed by atoms with Crippen molar-refractivity contribution in [2.24, 2.45) is 0 Å². The van der Waals surface area contributed by atoms with Crippen LogP contribution in [0.4, 0.5) is 4.79 Å². The Balaban J connectivity index is 2.23. The molecule has 1 fully saturated rings. The Hall–Kier alpha value is -1.51. The highest BCUT2D eigenvalue weighted by atomic mass is 16.2. The van der Waals surface area contributed by atoms with Crippen LogP contribution in [0.5, 0.6) is 0 Å². The van der Waals surface area contributed by atoms with Crippen LogP contribution >= 0.6 is 0 Å². The van der Waals surface area contributed by atoms with Gasteiger partial charge in [-0.15, -0.1) is 0 Å². The molecule has 1 aliphatic rings. The molecule has 1 saturated heterocycles. The molecule has 3 nitrogen and oxygen atoms in total. The van der Waals surface area contributed by atoms with E-state index >= 15 is 0 Å². The SMILES string of the molecule is Cc1cccc([C@@H]2CCCCCN2C(=O)NC(C)C)c1. The van der Waals surface area contributed by atoms with E-state index in [0.29, 0.717) is 0 Å². The molecular weight excluding hydrogens is 248 g/mol. The third-order valence-electron chi connectivity index (χ3n) is 3.85. The molecule has 1 aromatic rings. The molecule has 1 N–H and O–H groups in total. The van der Waals surface area contributed by atoms with E-state index in [0.717, 1.165) is 19.4 Å². The molecule has 1 heterocycles. The largest absolute Gasteiger partial charge is 0.336 e. The van der Waals surface area contributed by atoms with E-state index < -0.39 is 0 Å². The second-order valence-electron chi connectivity index (χ2n) is 6.08. The third kappa shape index (κ3) is 3.75. The first-order valence-corrected chi connectivity index (χ1v) is 7.71. The van der Waals surface area contributed by atoms with Crippen molar-refractivity contribution < 1.29 is 4.79 Å². The summed E-state index contributed by atoms with van der Waals surface area (Å²) >= 11 is 0. The number of carbonyl (C=O) groups excluding carboxylic acids is 1. The van der Waals surface area contributed by atoms with Crippen LogP contribution in [-0.4, -0.2) is 23.5 Å². The lowest BCUT2D eigenvalue weighted by Gasteiger charge is -2.31. The lowest BCUT2D eigenvalue weighted by molar-refractivity contribution is 0.173. The van der Waals surface area contributed by atoms with Crippen LogP contribution in [0.3, 0.4) is 0 Å². The van der Waals surface area contributed by atoms with Gasteiger partial charge in [-0.25, -0.2) is 4.79 Å². The molecule has 2 amide bonds. The number of hydrogen-bond donors (Lipinski definition) is 1. The van der Waals surface area contributed by atoms with Gasteiger partial charge in [-0.2, -0.15) is 0 Å². The third-order valence-corrected chi connectivity index (χ3v) is 3.85. The van der Waals surface area contributed by atoms with Crippen LogP contribution in [0.15, 0.2) is 24.3 Å². The van der Waals surface area contributed by atoms with E-state index in [4.69, 9.17) is 0 Å². The summed E-state index contributed by atoms with van der Waals surface area (Å²) in [6.45, 7) is 6.99. The van der Waals surface area contributed by atoms with Gasteiger partial charge in [0.25, 0.3) is 0 Å². The molecule has 0 aromatic heterocycles. The van der Waals surface area contributed by atoms with Crippen molar-refractivity contribution in [1.29, 1.82) is 0 Å². The number of nitrogens with zero attached hydrogens (tertiary/aromatic N) is 1. The van der Waals surface area contributed by atoms with Gasteiger partial charge in [0.05, 0.1) is 6.04 Å². The number of nitrogens with one attached hydrogen (secondary N) is 1. The normalized spacial score (nSPS) is 19.8. The fourth-order valence-corrected chi connectivity index (χ4v) is 2.91. The van der Waals surface area contributed by atoms with E-state index in [1.54, 1.807) is 0 Å². The molecule has 0 saturated carbocycles. The lowest BCUT2D eigenvalue weighted by Crippen LogP contribution is -2.44. The van der Waals surface area contributed by atoms with Gasteiger partial charge in [0.15, 0.2) is 0 Å². The number of rotatable bonds is 2. The maximum absolute atomic E-state index is 12.4. The molecule has 0 unspecified atom stereocenters. The molecule has 0 radical (unpaired) electrons. The molecule has 0 aliphatic carbocycles. The van der Waals surface area contributed by atoms with Crippen molar-refractivity contribution in [3.8, 4) is 0 Å². The number of hydrogen-bond acceptors (Lipinski definition) is 1. The van der Waals surface area contributed by atoms with Gasteiger partial charge in [-0.1, -0.05) is 42.7 Å². The maximum Gasteiger partial charge on any atom is 0.318 e. The smallest absolute Gasteiger partial charge is 0.318 e. The number of likely N-dealkylation sites (tertiary alicyclic amines) is 1. The Morgan fingerprint density at radius 3 is 2.80 bits per heavy atom. The van der Waals surface area contributed by atoms with Crippen molar-refractivity contribution in [3.05, 3.63) is 35.4 Å². The van der Waals surface area contributed by atoms with Gasteiger partial charge in [-0.3, -0.25) is 0 Å².